The molecule has 42 heavy (non-hydrogen) atoms. The Kier molecular flexibility index (Phi) is 6.71. The van der Waals surface area contributed by atoms with Crippen LogP contribution in [0.4, 0.5) is 5.69 Å². The number of aliphatic hydroxyl groups excluding tert-OH is 1. The van der Waals surface area contributed by atoms with E-state index in [9.17, 15) is 19.5 Å². The van der Waals surface area contributed by atoms with E-state index in [1.54, 1.807) is 33.5 Å². The third-order valence-electron chi connectivity index (χ3n) is 9.26. The van der Waals surface area contributed by atoms with Crippen molar-refractivity contribution in [3.05, 3.63) is 103 Å². The number of nitrogens with zero attached hydrogens (tertiary/aromatic N) is 3. The van der Waals surface area contributed by atoms with Gasteiger partial charge in [-0.15, -0.1) is 11.8 Å². The molecule has 214 valence electrons. The molecule has 0 saturated carbocycles. The number of thioether (sulfide) groups is 1. The summed E-state index contributed by atoms with van der Waals surface area (Å²) >= 11 is 1.56. The Morgan fingerprint density at radius 3 is 2.45 bits per heavy atom. The van der Waals surface area contributed by atoms with Crippen LogP contribution in [0.15, 0.2) is 97.1 Å². The molecular weight excluding hydrogens is 546 g/mol. The predicted molar refractivity (Wildman–Crippen MR) is 165 cm³/mol. The Morgan fingerprint density at radius 2 is 1.67 bits per heavy atom. The Bertz CT molecular complexity index is 1620. The summed E-state index contributed by atoms with van der Waals surface area (Å²) in [6, 6.07) is 22.2. The van der Waals surface area contributed by atoms with Crippen LogP contribution in [-0.2, 0) is 20.8 Å². The molecule has 0 bridgehead atoms. The van der Waals surface area contributed by atoms with E-state index in [0.717, 1.165) is 22.0 Å². The number of carbonyl (C=O) groups excluding carboxylic acids is 3. The molecule has 4 aliphatic heterocycles. The third kappa shape index (κ3) is 4.11. The quantitative estimate of drug-likeness (QED) is 0.467. The van der Waals surface area contributed by atoms with Crippen LogP contribution in [0.25, 0.3) is 10.8 Å². The van der Waals surface area contributed by atoms with E-state index >= 15 is 0 Å². The molecule has 3 aromatic carbocycles. The van der Waals surface area contributed by atoms with E-state index in [1.807, 2.05) is 97.1 Å². The van der Waals surface area contributed by atoms with E-state index in [0.29, 0.717) is 19.5 Å². The van der Waals surface area contributed by atoms with Gasteiger partial charge in [-0.05, 0) is 34.9 Å². The fraction of sp³-hybridized carbons (Fsp3) is 0.324. The van der Waals surface area contributed by atoms with Crippen molar-refractivity contribution < 1.29 is 19.5 Å². The number of aliphatic hydroxyl groups is 1. The Morgan fingerprint density at radius 1 is 0.905 bits per heavy atom. The molecule has 4 heterocycles. The van der Waals surface area contributed by atoms with Gasteiger partial charge in [0.1, 0.15) is 6.04 Å². The number of amides is 3. The maximum absolute atomic E-state index is 14.8. The molecular formula is C34H33N3O4S. The van der Waals surface area contributed by atoms with E-state index in [4.69, 9.17) is 0 Å². The van der Waals surface area contributed by atoms with Crippen LogP contribution in [0.1, 0.15) is 5.56 Å². The van der Waals surface area contributed by atoms with Gasteiger partial charge in [0.2, 0.25) is 11.8 Å². The number of likely N-dealkylation sites (tertiary alicyclic amines) is 1. The second-order valence-electron chi connectivity index (χ2n) is 11.6. The standard InChI is InChI=1S/C34H33N3O4S/c1-35-17-7-13-27-28(31(35)39)29-32(40)37(26(21-38)19-22-9-3-2-4-10-22)30-33(41)36(18-8-16-34(29,30)42-27)25-15-14-23-11-5-6-12-24(23)20-25/h2-16,20,26-30,38H,17-19,21H2,1H3/t26-,27+,28-,29+,30?,34+/m1/s1. The summed E-state index contributed by atoms with van der Waals surface area (Å²) in [5.41, 5.74) is 1.73. The van der Waals surface area contributed by atoms with Gasteiger partial charge in [-0.3, -0.25) is 14.4 Å². The van der Waals surface area contributed by atoms with Crippen molar-refractivity contribution in [3.63, 3.8) is 0 Å². The summed E-state index contributed by atoms with van der Waals surface area (Å²) in [5.74, 6) is -1.79. The average Bonchev–Trinajstić information content (AvgIpc) is 3.34. The minimum absolute atomic E-state index is 0.0755. The van der Waals surface area contributed by atoms with Crippen LogP contribution < -0.4 is 4.90 Å². The molecule has 0 aliphatic carbocycles. The molecule has 8 heteroatoms. The van der Waals surface area contributed by atoms with Crippen LogP contribution in [-0.4, -0.2) is 81.5 Å². The highest BCUT2D eigenvalue weighted by molar-refractivity contribution is 8.02. The number of fused-ring (bicyclic) bond motifs is 3. The summed E-state index contributed by atoms with van der Waals surface area (Å²) in [4.78, 5) is 48.3. The topological polar surface area (TPSA) is 81.2 Å². The Labute approximate surface area is 249 Å². The average molecular weight is 580 g/mol. The van der Waals surface area contributed by atoms with Crippen molar-refractivity contribution in [1.82, 2.24) is 9.80 Å². The molecule has 6 atom stereocenters. The first-order chi connectivity index (χ1) is 20.4. The molecule has 0 radical (unpaired) electrons. The van der Waals surface area contributed by atoms with E-state index in [1.165, 1.54) is 0 Å². The SMILES string of the molecule is CN1CC=C[C@@H]2S[C@]34C=CCN(c5ccc6ccccc6c5)C(=O)C3N([C@@H](CO)Cc3ccccc3)C(=O)[C@@H]4[C@@H]2C1=O. The largest absolute Gasteiger partial charge is 0.394 e. The highest BCUT2D eigenvalue weighted by Crippen LogP contribution is 2.61. The van der Waals surface area contributed by atoms with Crippen LogP contribution in [0.3, 0.4) is 0 Å². The van der Waals surface area contributed by atoms with E-state index < -0.39 is 28.7 Å². The number of anilines is 1. The van der Waals surface area contributed by atoms with Crippen LogP contribution >= 0.6 is 11.8 Å². The first kappa shape index (κ1) is 27.0. The molecule has 1 spiro atoms. The van der Waals surface area contributed by atoms with Crippen molar-refractivity contribution in [3.8, 4) is 0 Å². The van der Waals surface area contributed by atoms with E-state index in [2.05, 4.69) is 0 Å². The van der Waals surface area contributed by atoms with Crippen LogP contribution in [0.2, 0.25) is 0 Å². The second kappa shape index (κ2) is 10.4. The molecule has 3 aromatic rings. The lowest BCUT2D eigenvalue weighted by molar-refractivity contribution is -0.144. The first-order valence-corrected chi connectivity index (χ1v) is 15.3. The lowest BCUT2D eigenvalue weighted by Crippen LogP contribution is -2.57. The summed E-state index contributed by atoms with van der Waals surface area (Å²) in [7, 11) is 1.76. The highest BCUT2D eigenvalue weighted by atomic mass is 32.2. The summed E-state index contributed by atoms with van der Waals surface area (Å²) in [6.45, 7) is 0.552. The van der Waals surface area contributed by atoms with E-state index in [-0.39, 0.29) is 29.6 Å². The molecule has 3 amide bonds. The highest BCUT2D eigenvalue weighted by Gasteiger charge is 2.71. The lowest BCUT2D eigenvalue weighted by Gasteiger charge is -2.38. The molecule has 2 saturated heterocycles. The van der Waals surface area contributed by atoms with Gasteiger partial charge >= 0.3 is 0 Å². The zero-order valence-corrected chi connectivity index (χ0v) is 24.2. The molecule has 4 aliphatic rings. The van der Waals surface area contributed by atoms with Gasteiger partial charge in [0.05, 0.1) is 29.2 Å². The zero-order valence-electron chi connectivity index (χ0n) is 23.4. The van der Waals surface area contributed by atoms with Gasteiger partial charge in [0.15, 0.2) is 0 Å². The molecule has 2 fully saturated rings. The minimum Gasteiger partial charge on any atom is -0.394 e. The third-order valence-corrected chi connectivity index (χ3v) is 11.0. The predicted octanol–water partition coefficient (Wildman–Crippen LogP) is 3.67. The van der Waals surface area contributed by atoms with Gasteiger partial charge in [-0.2, -0.15) is 0 Å². The number of likely N-dealkylation sites (N-methyl/N-ethyl adjacent to an activating group) is 1. The second-order valence-corrected chi connectivity index (χ2v) is 13.1. The molecule has 0 aromatic heterocycles. The maximum Gasteiger partial charge on any atom is 0.251 e. The number of hydrogen-bond donors (Lipinski definition) is 1. The van der Waals surface area contributed by atoms with Gasteiger partial charge in [-0.25, -0.2) is 0 Å². The summed E-state index contributed by atoms with van der Waals surface area (Å²) in [6.07, 6.45) is 8.44. The lowest BCUT2D eigenvalue weighted by atomic mass is 9.78. The Hall–Kier alpha value is -3.88. The van der Waals surface area contributed by atoms with Crippen molar-refractivity contribution in [2.75, 3.05) is 31.6 Å². The van der Waals surface area contributed by atoms with Gasteiger partial charge in [0, 0.05) is 31.1 Å². The molecule has 7 nitrogen and oxygen atoms in total. The fourth-order valence-corrected chi connectivity index (χ4v) is 9.30. The Balaban J connectivity index is 1.35. The normalized spacial score (nSPS) is 29.4. The summed E-state index contributed by atoms with van der Waals surface area (Å²) < 4.78 is -0.933. The van der Waals surface area contributed by atoms with Gasteiger partial charge < -0.3 is 19.8 Å². The minimum atomic E-state index is -0.933. The fourth-order valence-electron chi connectivity index (χ4n) is 7.31. The number of rotatable bonds is 5. The van der Waals surface area contributed by atoms with Crippen LogP contribution in [0, 0.1) is 11.8 Å². The van der Waals surface area contributed by atoms with Gasteiger partial charge in [0.25, 0.3) is 5.91 Å². The summed E-state index contributed by atoms with van der Waals surface area (Å²) in [5, 5.41) is 12.6. The van der Waals surface area contributed by atoms with Crippen LogP contribution in [0.5, 0.6) is 0 Å². The van der Waals surface area contributed by atoms with Crippen molar-refractivity contribution in [1.29, 1.82) is 0 Å². The van der Waals surface area contributed by atoms with Crippen molar-refractivity contribution >= 4 is 45.9 Å². The smallest absolute Gasteiger partial charge is 0.251 e. The monoisotopic (exact) mass is 579 g/mol. The number of benzene rings is 3. The van der Waals surface area contributed by atoms with Crippen molar-refractivity contribution in [2.45, 2.75) is 28.5 Å². The number of hydrogen-bond acceptors (Lipinski definition) is 5. The van der Waals surface area contributed by atoms with Gasteiger partial charge in [-0.1, -0.05) is 85.0 Å². The molecule has 7 rings (SSSR count). The van der Waals surface area contributed by atoms with Crippen molar-refractivity contribution in [2.24, 2.45) is 11.8 Å². The first-order valence-electron chi connectivity index (χ1n) is 14.5. The molecule has 1 unspecified atom stereocenters. The zero-order chi connectivity index (χ0) is 29.0. The maximum atomic E-state index is 14.8. The number of carbonyl (C=O) groups is 3. The molecule has 1 N–H and O–H groups in total.